The van der Waals surface area contributed by atoms with E-state index < -0.39 is 0 Å². The van der Waals surface area contributed by atoms with E-state index in [2.05, 4.69) is 32.8 Å². The molecule has 1 saturated carbocycles. The van der Waals surface area contributed by atoms with E-state index in [-0.39, 0.29) is 11.9 Å². The highest BCUT2D eigenvalue weighted by Crippen LogP contribution is 2.37. The maximum absolute atomic E-state index is 12.7. The molecule has 30 heavy (non-hydrogen) atoms. The van der Waals surface area contributed by atoms with Crippen molar-refractivity contribution in [1.29, 1.82) is 0 Å². The van der Waals surface area contributed by atoms with Gasteiger partial charge in [0, 0.05) is 54.6 Å². The lowest BCUT2D eigenvalue weighted by molar-refractivity contribution is 0.0951. The summed E-state index contributed by atoms with van der Waals surface area (Å²) in [4.78, 5) is 21.7. The summed E-state index contributed by atoms with van der Waals surface area (Å²) in [5.74, 6) is 1.46. The number of nitrogens with zero attached hydrogens (tertiary/aromatic N) is 2. The van der Waals surface area contributed by atoms with E-state index in [0.717, 1.165) is 59.3 Å². The number of aromatic nitrogens is 2. The molecule has 156 valence electrons. The predicted molar refractivity (Wildman–Crippen MR) is 120 cm³/mol. The first kappa shape index (κ1) is 19.9. The molecular formula is C23H27N5O2. The van der Waals surface area contributed by atoms with Gasteiger partial charge in [0.05, 0.1) is 23.9 Å². The van der Waals surface area contributed by atoms with Gasteiger partial charge in [0.1, 0.15) is 11.6 Å². The van der Waals surface area contributed by atoms with Crippen molar-refractivity contribution >= 4 is 28.3 Å². The van der Waals surface area contributed by atoms with Gasteiger partial charge in [-0.15, -0.1) is 0 Å². The molecular weight excluding hydrogens is 378 g/mol. The van der Waals surface area contributed by atoms with Gasteiger partial charge in [-0.05, 0) is 37.5 Å². The monoisotopic (exact) mass is 405 g/mol. The SMILES string of the molecule is CCCNc1ccc(-c2cc3c(NC)c(C(=O)NC4CC4)cnc3cc2OC)cn1. The third-order valence-electron chi connectivity index (χ3n) is 5.23. The van der Waals surface area contributed by atoms with Crippen molar-refractivity contribution in [2.75, 3.05) is 31.3 Å². The van der Waals surface area contributed by atoms with Crippen molar-refractivity contribution in [1.82, 2.24) is 15.3 Å². The zero-order valence-corrected chi connectivity index (χ0v) is 17.6. The van der Waals surface area contributed by atoms with Gasteiger partial charge >= 0.3 is 0 Å². The molecule has 0 aliphatic heterocycles. The van der Waals surface area contributed by atoms with Crippen LogP contribution in [0.2, 0.25) is 0 Å². The highest BCUT2D eigenvalue weighted by molar-refractivity contribution is 6.08. The van der Waals surface area contributed by atoms with Gasteiger partial charge in [0.25, 0.3) is 5.91 Å². The molecule has 1 aromatic carbocycles. The number of rotatable bonds is 8. The van der Waals surface area contributed by atoms with Crippen LogP contribution in [0.5, 0.6) is 5.75 Å². The van der Waals surface area contributed by atoms with Crippen molar-refractivity contribution in [2.24, 2.45) is 0 Å². The smallest absolute Gasteiger partial charge is 0.255 e. The van der Waals surface area contributed by atoms with Gasteiger partial charge in [-0.25, -0.2) is 4.98 Å². The summed E-state index contributed by atoms with van der Waals surface area (Å²) in [7, 11) is 3.47. The summed E-state index contributed by atoms with van der Waals surface area (Å²) in [6.45, 7) is 3.00. The molecule has 0 spiro atoms. The fourth-order valence-electron chi connectivity index (χ4n) is 3.46. The average Bonchev–Trinajstić information content (AvgIpc) is 3.60. The van der Waals surface area contributed by atoms with Crippen LogP contribution < -0.4 is 20.7 Å². The van der Waals surface area contributed by atoms with E-state index in [4.69, 9.17) is 4.74 Å². The number of ether oxygens (including phenoxy) is 1. The maximum Gasteiger partial charge on any atom is 0.255 e. The number of hydrogen-bond donors (Lipinski definition) is 3. The fraction of sp³-hybridized carbons (Fsp3) is 0.348. The summed E-state index contributed by atoms with van der Waals surface area (Å²) in [6.07, 6.45) is 6.58. The lowest BCUT2D eigenvalue weighted by Gasteiger charge is -2.15. The lowest BCUT2D eigenvalue weighted by atomic mass is 10.0. The number of amides is 1. The number of carbonyl (C=O) groups is 1. The molecule has 2 aromatic heterocycles. The van der Waals surface area contributed by atoms with Crippen LogP contribution in [0.3, 0.4) is 0 Å². The van der Waals surface area contributed by atoms with Crippen molar-refractivity contribution < 1.29 is 9.53 Å². The summed E-state index contributed by atoms with van der Waals surface area (Å²) in [6, 6.07) is 8.18. The van der Waals surface area contributed by atoms with E-state index >= 15 is 0 Å². The Labute approximate surface area is 176 Å². The minimum atomic E-state index is -0.0957. The van der Waals surface area contributed by atoms with E-state index in [0.29, 0.717) is 11.3 Å². The number of fused-ring (bicyclic) bond motifs is 1. The topological polar surface area (TPSA) is 88.2 Å². The van der Waals surface area contributed by atoms with Crippen LogP contribution in [0, 0.1) is 0 Å². The molecule has 4 rings (SSSR count). The highest BCUT2D eigenvalue weighted by atomic mass is 16.5. The summed E-state index contributed by atoms with van der Waals surface area (Å²) in [5.41, 5.74) is 3.90. The Hall–Kier alpha value is -3.35. The number of anilines is 2. The number of nitrogens with one attached hydrogen (secondary N) is 3. The van der Waals surface area contributed by atoms with E-state index in [9.17, 15) is 4.79 Å². The van der Waals surface area contributed by atoms with Crippen molar-refractivity contribution in [3.63, 3.8) is 0 Å². The number of pyridine rings is 2. The third kappa shape index (κ3) is 4.01. The van der Waals surface area contributed by atoms with Crippen molar-refractivity contribution in [2.45, 2.75) is 32.2 Å². The first-order valence-corrected chi connectivity index (χ1v) is 10.3. The van der Waals surface area contributed by atoms with Crippen LogP contribution in [-0.2, 0) is 0 Å². The predicted octanol–water partition coefficient (Wildman–Crippen LogP) is 4.06. The quantitative estimate of drug-likeness (QED) is 0.524. The second-order valence-electron chi connectivity index (χ2n) is 7.47. The molecule has 0 radical (unpaired) electrons. The zero-order chi connectivity index (χ0) is 21.1. The second-order valence-corrected chi connectivity index (χ2v) is 7.47. The molecule has 1 fully saturated rings. The number of methoxy groups -OCH3 is 1. The molecule has 3 N–H and O–H groups in total. The van der Waals surface area contributed by atoms with Gasteiger partial charge in [0.2, 0.25) is 0 Å². The zero-order valence-electron chi connectivity index (χ0n) is 17.6. The summed E-state index contributed by atoms with van der Waals surface area (Å²) < 4.78 is 5.63. The van der Waals surface area contributed by atoms with Crippen LogP contribution in [0.1, 0.15) is 36.5 Å². The molecule has 1 amide bonds. The first-order valence-electron chi connectivity index (χ1n) is 10.3. The van der Waals surface area contributed by atoms with E-state index in [1.54, 1.807) is 13.3 Å². The average molecular weight is 406 g/mol. The molecule has 2 heterocycles. The lowest BCUT2D eigenvalue weighted by Crippen LogP contribution is -2.26. The normalized spacial score (nSPS) is 13.2. The Balaban J connectivity index is 1.77. The molecule has 1 aliphatic rings. The van der Waals surface area contributed by atoms with Gasteiger partial charge in [-0.1, -0.05) is 6.92 Å². The Morgan fingerprint density at radius 3 is 2.67 bits per heavy atom. The van der Waals surface area contributed by atoms with Crippen LogP contribution in [0.25, 0.3) is 22.0 Å². The van der Waals surface area contributed by atoms with Gasteiger partial charge < -0.3 is 20.7 Å². The number of hydrogen-bond acceptors (Lipinski definition) is 6. The second kappa shape index (κ2) is 8.57. The van der Waals surface area contributed by atoms with Gasteiger partial charge in [0.15, 0.2) is 0 Å². The van der Waals surface area contributed by atoms with Crippen LogP contribution in [0.15, 0.2) is 36.7 Å². The fourth-order valence-corrected chi connectivity index (χ4v) is 3.46. The molecule has 0 unspecified atom stereocenters. The highest BCUT2D eigenvalue weighted by Gasteiger charge is 2.26. The van der Waals surface area contributed by atoms with Crippen molar-refractivity contribution in [3.05, 3.63) is 42.2 Å². The largest absolute Gasteiger partial charge is 0.496 e. The van der Waals surface area contributed by atoms with Gasteiger partial charge in [-0.2, -0.15) is 0 Å². The Kier molecular flexibility index (Phi) is 5.70. The molecule has 7 nitrogen and oxygen atoms in total. The number of carbonyl (C=O) groups excluding carboxylic acids is 1. The molecule has 0 atom stereocenters. The van der Waals surface area contributed by atoms with Crippen LogP contribution >= 0.6 is 0 Å². The maximum atomic E-state index is 12.7. The van der Waals surface area contributed by atoms with E-state index in [1.165, 1.54) is 0 Å². The number of benzene rings is 1. The molecule has 3 aromatic rings. The minimum absolute atomic E-state index is 0.0957. The van der Waals surface area contributed by atoms with E-state index in [1.807, 2.05) is 37.5 Å². The minimum Gasteiger partial charge on any atom is -0.496 e. The molecule has 0 saturated heterocycles. The third-order valence-corrected chi connectivity index (χ3v) is 5.23. The first-order chi connectivity index (χ1) is 14.6. The Bertz CT molecular complexity index is 1060. The Morgan fingerprint density at radius 1 is 1.20 bits per heavy atom. The Morgan fingerprint density at radius 2 is 2.03 bits per heavy atom. The van der Waals surface area contributed by atoms with Crippen LogP contribution in [-0.4, -0.2) is 42.6 Å². The van der Waals surface area contributed by atoms with Crippen molar-refractivity contribution in [3.8, 4) is 16.9 Å². The standard InChI is InChI=1S/C23H27N5O2/c1-4-9-25-21-8-5-14(12-27-21)16-10-17-19(11-20(16)30-3)26-13-18(22(17)24-2)23(29)28-15-6-7-15/h5,8,10-13,15H,4,6-7,9H2,1-3H3,(H,24,26)(H,25,27)(H,28,29). The van der Waals surface area contributed by atoms with Gasteiger partial charge in [-0.3, -0.25) is 9.78 Å². The summed E-state index contributed by atoms with van der Waals surface area (Å²) in [5, 5.41) is 10.4. The van der Waals surface area contributed by atoms with Crippen LogP contribution in [0.4, 0.5) is 11.5 Å². The summed E-state index contributed by atoms with van der Waals surface area (Å²) >= 11 is 0. The molecule has 1 aliphatic carbocycles. The molecule has 0 bridgehead atoms. The molecule has 7 heteroatoms.